The van der Waals surface area contributed by atoms with Crippen molar-refractivity contribution in [2.45, 2.75) is 31.6 Å². The zero-order valence-electron chi connectivity index (χ0n) is 21.1. The Morgan fingerprint density at radius 1 is 1.00 bits per heavy atom. The highest BCUT2D eigenvalue weighted by molar-refractivity contribution is 6.13. The van der Waals surface area contributed by atoms with Crippen LogP contribution in [-0.2, 0) is 14.3 Å². The predicted molar refractivity (Wildman–Crippen MR) is 141 cm³/mol. The molecule has 2 aromatic rings. The van der Waals surface area contributed by atoms with Crippen molar-refractivity contribution in [3.05, 3.63) is 30.1 Å². The van der Waals surface area contributed by atoms with Gasteiger partial charge in [0.15, 0.2) is 0 Å². The first-order chi connectivity index (χ1) is 18.1. The molecule has 2 N–H and O–H groups in total. The van der Waals surface area contributed by atoms with E-state index in [2.05, 4.69) is 30.5 Å². The van der Waals surface area contributed by atoms with Crippen molar-refractivity contribution < 1.29 is 19.1 Å². The number of ether oxygens (including phenoxy) is 2. The quantitative estimate of drug-likeness (QED) is 0.604. The van der Waals surface area contributed by atoms with Crippen LogP contribution in [-0.4, -0.2) is 85.9 Å². The van der Waals surface area contributed by atoms with Gasteiger partial charge in [0, 0.05) is 51.9 Å². The topological polar surface area (TPSA) is 121 Å². The molecule has 3 aliphatic rings. The molecule has 0 aliphatic carbocycles. The van der Waals surface area contributed by atoms with E-state index in [-0.39, 0.29) is 11.8 Å². The first-order valence-electron chi connectivity index (χ1n) is 12.9. The summed E-state index contributed by atoms with van der Waals surface area (Å²) in [6.07, 6.45) is 5.85. The molecule has 37 heavy (non-hydrogen) atoms. The summed E-state index contributed by atoms with van der Waals surface area (Å²) >= 11 is 0. The van der Waals surface area contributed by atoms with Crippen molar-refractivity contribution in [2.75, 3.05) is 68.6 Å². The van der Waals surface area contributed by atoms with E-state index in [1.54, 1.807) is 11.1 Å². The fraction of sp³-hybridized carbons (Fsp3) is 0.500. The summed E-state index contributed by atoms with van der Waals surface area (Å²) in [6.45, 7) is 4.66. The van der Waals surface area contributed by atoms with Gasteiger partial charge in [-0.3, -0.25) is 14.6 Å². The van der Waals surface area contributed by atoms with Crippen LogP contribution in [0.5, 0.6) is 5.75 Å². The Labute approximate surface area is 216 Å². The highest BCUT2D eigenvalue weighted by Gasteiger charge is 2.33. The molecule has 1 atom stereocenters. The summed E-state index contributed by atoms with van der Waals surface area (Å²) in [5, 5.41) is 6.14. The van der Waals surface area contributed by atoms with Gasteiger partial charge in [0.05, 0.1) is 36.8 Å². The summed E-state index contributed by atoms with van der Waals surface area (Å²) < 4.78 is 11.7. The first kappa shape index (κ1) is 24.9. The molecule has 1 aromatic heterocycles. The number of morpholine rings is 1. The number of nitrogens with one attached hydrogen (secondary N) is 2. The molecule has 5 rings (SSSR count). The minimum absolute atomic E-state index is 0.125. The molecule has 4 heterocycles. The van der Waals surface area contributed by atoms with Crippen molar-refractivity contribution in [3.63, 3.8) is 0 Å². The fourth-order valence-electron chi connectivity index (χ4n) is 4.72. The zero-order valence-corrected chi connectivity index (χ0v) is 21.1. The van der Waals surface area contributed by atoms with Crippen molar-refractivity contribution in [2.24, 2.45) is 4.99 Å². The van der Waals surface area contributed by atoms with E-state index in [9.17, 15) is 9.59 Å². The van der Waals surface area contributed by atoms with Crippen LogP contribution in [0, 0.1) is 0 Å². The lowest BCUT2D eigenvalue weighted by Crippen LogP contribution is -2.36. The minimum Gasteiger partial charge on any atom is -0.491 e. The third-order valence-corrected chi connectivity index (χ3v) is 6.82. The van der Waals surface area contributed by atoms with E-state index in [1.165, 1.54) is 6.33 Å². The van der Waals surface area contributed by atoms with Gasteiger partial charge in [0.2, 0.25) is 11.8 Å². The maximum absolute atomic E-state index is 12.8. The number of rotatable bonds is 1. The van der Waals surface area contributed by atoms with Crippen molar-refractivity contribution >= 4 is 41.0 Å². The largest absolute Gasteiger partial charge is 0.491 e. The summed E-state index contributed by atoms with van der Waals surface area (Å²) in [4.78, 5) is 42.6. The Morgan fingerprint density at radius 3 is 2.70 bits per heavy atom. The van der Waals surface area contributed by atoms with Gasteiger partial charge >= 0.3 is 0 Å². The zero-order chi connectivity index (χ0) is 25.6. The lowest BCUT2D eigenvalue weighted by molar-refractivity contribution is -0.130. The van der Waals surface area contributed by atoms with Gasteiger partial charge in [-0.25, -0.2) is 9.97 Å². The highest BCUT2D eigenvalue weighted by atomic mass is 16.5. The number of benzene rings is 1. The molecule has 1 fully saturated rings. The van der Waals surface area contributed by atoms with Gasteiger partial charge in [-0.05, 0) is 31.4 Å². The molecule has 1 unspecified atom stereocenters. The molecule has 2 bridgehead atoms. The van der Waals surface area contributed by atoms with Crippen LogP contribution in [0.15, 0.2) is 29.5 Å². The fourth-order valence-corrected chi connectivity index (χ4v) is 4.72. The van der Waals surface area contributed by atoms with Gasteiger partial charge in [-0.15, -0.1) is 0 Å². The molecule has 11 heteroatoms. The Hall–Kier alpha value is -3.73. The second-order valence-corrected chi connectivity index (χ2v) is 9.38. The van der Waals surface area contributed by atoms with E-state index < -0.39 is 5.92 Å². The number of anilines is 3. The van der Waals surface area contributed by atoms with Crippen LogP contribution in [0.1, 0.15) is 37.2 Å². The number of carbonyl (C=O) groups is 2. The third kappa shape index (κ3) is 5.82. The number of amides is 2. The van der Waals surface area contributed by atoms with Gasteiger partial charge in [-0.1, -0.05) is 0 Å². The van der Waals surface area contributed by atoms with Crippen LogP contribution < -0.4 is 20.3 Å². The molecular formula is C26H33N7O4. The number of nitrogens with zero attached hydrogens (tertiary/aromatic N) is 5. The molecule has 3 aliphatic heterocycles. The number of hydrogen-bond donors (Lipinski definition) is 2. The van der Waals surface area contributed by atoms with Crippen LogP contribution in [0.25, 0.3) is 0 Å². The highest BCUT2D eigenvalue weighted by Crippen LogP contribution is 2.36. The van der Waals surface area contributed by atoms with Crippen LogP contribution >= 0.6 is 0 Å². The molecule has 196 valence electrons. The number of aromatic nitrogens is 2. The molecule has 0 saturated carbocycles. The van der Waals surface area contributed by atoms with Crippen LogP contribution in [0.4, 0.5) is 23.0 Å². The van der Waals surface area contributed by atoms with Gasteiger partial charge in [-0.2, -0.15) is 0 Å². The molecule has 2 amide bonds. The van der Waals surface area contributed by atoms with Crippen LogP contribution in [0.3, 0.4) is 0 Å². The standard InChI is InChI=1S/C26H33N7O4/c1-32-9-4-8-27-24-23-19(26(35)31-25(23)30-17-29-24)16-28-18-6-7-20(33-10-13-36-14-11-33)21(15-18)37-12-3-2-5-22(32)34/h6-7,15-17,19H,2-5,8-14H2,1H3,(H2,27,29,30,31,35). The van der Waals surface area contributed by atoms with E-state index in [1.807, 2.05) is 25.2 Å². The maximum Gasteiger partial charge on any atom is 0.238 e. The summed E-state index contributed by atoms with van der Waals surface area (Å²) in [5.41, 5.74) is 2.36. The monoisotopic (exact) mass is 507 g/mol. The third-order valence-electron chi connectivity index (χ3n) is 6.82. The second-order valence-electron chi connectivity index (χ2n) is 9.38. The number of aliphatic imine (C=N–C) groups is 1. The van der Waals surface area contributed by atoms with E-state index in [0.29, 0.717) is 62.2 Å². The number of fused-ring (bicyclic) bond motifs is 2. The minimum atomic E-state index is -0.617. The van der Waals surface area contributed by atoms with Crippen molar-refractivity contribution in [3.8, 4) is 5.75 Å². The molecule has 0 spiro atoms. The number of carbonyl (C=O) groups excluding carboxylic acids is 2. The molecule has 1 aromatic carbocycles. The Morgan fingerprint density at radius 2 is 1.84 bits per heavy atom. The normalized spacial score (nSPS) is 21.2. The van der Waals surface area contributed by atoms with E-state index >= 15 is 0 Å². The summed E-state index contributed by atoms with van der Waals surface area (Å²) in [5.74, 6) is 1.13. The first-order valence-corrected chi connectivity index (χ1v) is 12.9. The van der Waals surface area contributed by atoms with E-state index in [0.717, 1.165) is 43.8 Å². The van der Waals surface area contributed by atoms with E-state index in [4.69, 9.17) is 9.47 Å². The smallest absolute Gasteiger partial charge is 0.238 e. The Balaban J connectivity index is 1.45. The number of hydrogen-bond acceptors (Lipinski definition) is 9. The summed E-state index contributed by atoms with van der Waals surface area (Å²) in [6, 6.07) is 5.84. The Kier molecular flexibility index (Phi) is 7.79. The van der Waals surface area contributed by atoms with Crippen molar-refractivity contribution in [1.29, 1.82) is 0 Å². The van der Waals surface area contributed by atoms with Crippen LogP contribution in [0.2, 0.25) is 0 Å². The van der Waals surface area contributed by atoms with Gasteiger partial charge < -0.3 is 29.9 Å². The summed E-state index contributed by atoms with van der Waals surface area (Å²) in [7, 11) is 1.83. The second kappa shape index (κ2) is 11.5. The molecular weight excluding hydrogens is 474 g/mol. The molecule has 1 saturated heterocycles. The van der Waals surface area contributed by atoms with Gasteiger partial charge in [0.25, 0.3) is 0 Å². The average molecular weight is 508 g/mol. The predicted octanol–water partition coefficient (Wildman–Crippen LogP) is 2.57. The Bertz CT molecular complexity index is 1170. The lowest BCUT2D eigenvalue weighted by Gasteiger charge is -2.30. The maximum atomic E-state index is 12.8. The SMILES string of the molecule is CN1CCCNc2ncnc3c2C(C=Nc2ccc(N4CCOCC4)c(c2)OCCCCC1=O)C(=O)N3. The van der Waals surface area contributed by atoms with Gasteiger partial charge in [0.1, 0.15) is 29.6 Å². The average Bonchev–Trinajstić information content (AvgIpc) is 3.25. The molecule has 0 radical (unpaired) electrons. The lowest BCUT2D eigenvalue weighted by atomic mass is 10.0. The van der Waals surface area contributed by atoms with Crippen molar-refractivity contribution in [1.82, 2.24) is 14.9 Å². The molecule has 11 nitrogen and oxygen atoms in total.